The van der Waals surface area contributed by atoms with Gasteiger partial charge in [-0.1, -0.05) is 25.5 Å². The minimum absolute atomic E-state index is 0.231. The highest BCUT2D eigenvalue weighted by Gasteiger charge is 2.19. The van der Waals surface area contributed by atoms with Crippen molar-refractivity contribution in [3.8, 4) is 0 Å². The lowest BCUT2D eigenvalue weighted by Gasteiger charge is -2.32. The Hall–Kier alpha value is -0.930. The smallest absolute Gasteiger partial charge is 0.126 e. The zero-order chi connectivity index (χ0) is 14.5. The first kappa shape index (κ1) is 15.5. The van der Waals surface area contributed by atoms with Crippen molar-refractivity contribution in [2.24, 2.45) is 5.92 Å². The molecule has 0 saturated carbocycles. The lowest BCUT2D eigenvalue weighted by Crippen LogP contribution is -2.36. The van der Waals surface area contributed by atoms with Gasteiger partial charge in [0.15, 0.2) is 0 Å². The van der Waals surface area contributed by atoms with Crippen LogP contribution in [0.25, 0.3) is 0 Å². The van der Waals surface area contributed by atoms with Crippen LogP contribution in [0, 0.1) is 18.7 Å². The number of benzene rings is 1. The summed E-state index contributed by atoms with van der Waals surface area (Å²) >= 11 is 0. The molecule has 1 aliphatic rings. The van der Waals surface area contributed by atoms with E-state index in [-0.39, 0.29) is 5.82 Å². The van der Waals surface area contributed by atoms with Crippen LogP contribution in [0.3, 0.4) is 0 Å². The lowest BCUT2D eigenvalue weighted by atomic mass is 9.95. The minimum atomic E-state index is -0.563. The van der Waals surface area contributed by atoms with Crippen LogP contribution < -0.4 is 0 Å². The van der Waals surface area contributed by atoms with Crippen LogP contribution in [0.1, 0.15) is 49.8 Å². The normalized spacial score (nSPS) is 21.9. The van der Waals surface area contributed by atoms with Crippen molar-refractivity contribution in [1.29, 1.82) is 0 Å². The van der Waals surface area contributed by atoms with Gasteiger partial charge >= 0.3 is 0 Å². The van der Waals surface area contributed by atoms with Crippen molar-refractivity contribution >= 4 is 0 Å². The number of aliphatic hydroxyl groups excluding tert-OH is 1. The largest absolute Gasteiger partial charge is 0.388 e. The minimum Gasteiger partial charge on any atom is -0.388 e. The summed E-state index contributed by atoms with van der Waals surface area (Å²) in [7, 11) is 0. The van der Waals surface area contributed by atoms with Crippen molar-refractivity contribution in [2.45, 2.75) is 45.6 Å². The first-order valence-corrected chi connectivity index (χ1v) is 7.76. The predicted octanol–water partition coefficient (Wildman–Crippen LogP) is 3.68. The summed E-state index contributed by atoms with van der Waals surface area (Å²) in [6.07, 6.45) is 3.94. The summed E-state index contributed by atoms with van der Waals surface area (Å²) < 4.78 is 13.5. The first-order chi connectivity index (χ1) is 9.60. The molecule has 0 aliphatic carbocycles. The second kappa shape index (κ2) is 7.19. The van der Waals surface area contributed by atoms with Crippen LogP contribution in [0.4, 0.5) is 4.39 Å². The van der Waals surface area contributed by atoms with Gasteiger partial charge in [-0.3, -0.25) is 0 Å². The van der Waals surface area contributed by atoms with Gasteiger partial charge in [0.25, 0.3) is 0 Å². The average Bonchev–Trinajstić information content (AvgIpc) is 2.47. The molecule has 112 valence electrons. The number of aliphatic hydroxyl groups is 1. The molecule has 1 saturated heterocycles. The van der Waals surface area contributed by atoms with Crippen LogP contribution in [0.15, 0.2) is 18.2 Å². The molecule has 1 aromatic rings. The third-order valence-corrected chi connectivity index (χ3v) is 4.48. The van der Waals surface area contributed by atoms with E-state index in [0.717, 1.165) is 25.6 Å². The van der Waals surface area contributed by atoms with E-state index < -0.39 is 6.10 Å². The lowest BCUT2D eigenvalue weighted by molar-refractivity contribution is 0.117. The summed E-state index contributed by atoms with van der Waals surface area (Å²) in [4.78, 5) is 2.44. The van der Waals surface area contributed by atoms with Crippen LogP contribution in [0.2, 0.25) is 0 Å². The highest BCUT2D eigenvalue weighted by molar-refractivity contribution is 5.24. The van der Waals surface area contributed by atoms with Crippen LogP contribution in [-0.2, 0) is 0 Å². The van der Waals surface area contributed by atoms with Gasteiger partial charge in [0, 0.05) is 13.1 Å². The molecule has 1 aliphatic heterocycles. The fourth-order valence-electron chi connectivity index (χ4n) is 2.98. The maximum atomic E-state index is 13.5. The Morgan fingerprint density at radius 3 is 2.95 bits per heavy atom. The molecular formula is C17H26FNO. The number of piperidine rings is 1. The summed E-state index contributed by atoms with van der Waals surface area (Å²) in [5, 5.41) is 10.2. The van der Waals surface area contributed by atoms with Crippen molar-refractivity contribution in [3.05, 3.63) is 35.1 Å². The van der Waals surface area contributed by atoms with E-state index in [2.05, 4.69) is 11.8 Å². The van der Waals surface area contributed by atoms with E-state index in [1.54, 1.807) is 13.0 Å². The van der Waals surface area contributed by atoms with Gasteiger partial charge in [-0.05, 0) is 55.8 Å². The molecule has 2 atom stereocenters. The van der Waals surface area contributed by atoms with E-state index in [4.69, 9.17) is 0 Å². The Morgan fingerprint density at radius 2 is 2.25 bits per heavy atom. The van der Waals surface area contributed by atoms with Gasteiger partial charge < -0.3 is 10.0 Å². The Morgan fingerprint density at radius 1 is 1.45 bits per heavy atom. The SMILES string of the molecule is CCC1CCCN(CCC(O)c2ccc(C)c(F)c2)C1. The molecule has 3 heteroatoms. The third-order valence-electron chi connectivity index (χ3n) is 4.48. The fraction of sp³-hybridized carbons (Fsp3) is 0.647. The standard InChI is InChI=1S/C17H26FNO/c1-3-14-5-4-9-19(12-14)10-8-17(20)15-7-6-13(2)16(18)11-15/h6-7,11,14,17,20H,3-5,8-10,12H2,1-2H3. The molecule has 1 heterocycles. The Bertz CT molecular complexity index is 435. The summed E-state index contributed by atoms with van der Waals surface area (Å²) in [6, 6.07) is 5.03. The second-order valence-corrected chi connectivity index (χ2v) is 6.03. The Balaban J connectivity index is 1.85. The molecule has 0 aromatic heterocycles. The highest BCUT2D eigenvalue weighted by atomic mass is 19.1. The molecule has 20 heavy (non-hydrogen) atoms. The third kappa shape index (κ3) is 4.03. The highest BCUT2D eigenvalue weighted by Crippen LogP contribution is 2.23. The van der Waals surface area contributed by atoms with Gasteiger partial charge in [-0.15, -0.1) is 0 Å². The zero-order valence-corrected chi connectivity index (χ0v) is 12.6. The average molecular weight is 279 g/mol. The predicted molar refractivity (Wildman–Crippen MR) is 80.2 cm³/mol. The number of nitrogens with zero attached hydrogens (tertiary/aromatic N) is 1. The summed E-state index contributed by atoms with van der Waals surface area (Å²) in [6.45, 7) is 7.16. The van der Waals surface area contributed by atoms with Gasteiger partial charge in [0.2, 0.25) is 0 Å². The van der Waals surface area contributed by atoms with Gasteiger partial charge in [-0.25, -0.2) is 4.39 Å². The second-order valence-electron chi connectivity index (χ2n) is 6.03. The van der Waals surface area contributed by atoms with Crippen molar-refractivity contribution in [1.82, 2.24) is 4.90 Å². The van der Waals surface area contributed by atoms with Crippen LogP contribution >= 0.6 is 0 Å². The number of rotatable bonds is 5. The summed E-state index contributed by atoms with van der Waals surface area (Å²) in [5.74, 6) is 0.572. The summed E-state index contributed by atoms with van der Waals surface area (Å²) in [5.41, 5.74) is 1.32. The zero-order valence-electron chi connectivity index (χ0n) is 12.6. The van der Waals surface area contributed by atoms with Gasteiger partial charge in [-0.2, -0.15) is 0 Å². The molecule has 2 nitrogen and oxygen atoms in total. The molecule has 0 amide bonds. The molecule has 1 N–H and O–H groups in total. The molecule has 0 bridgehead atoms. The molecule has 0 radical (unpaired) electrons. The number of aryl methyl sites for hydroxylation is 1. The van der Waals surface area contributed by atoms with Gasteiger partial charge in [0.1, 0.15) is 5.82 Å². The number of halogens is 1. The topological polar surface area (TPSA) is 23.5 Å². The molecule has 2 unspecified atom stereocenters. The monoisotopic (exact) mass is 279 g/mol. The molecule has 1 fully saturated rings. The quantitative estimate of drug-likeness (QED) is 0.888. The van der Waals surface area contributed by atoms with Crippen molar-refractivity contribution in [3.63, 3.8) is 0 Å². The molecule has 2 rings (SSSR count). The molecular weight excluding hydrogens is 253 g/mol. The van der Waals surface area contributed by atoms with Gasteiger partial charge in [0.05, 0.1) is 6.10 Å². The maximum absolute atomic E-state index is 13.5. The number of likely N-dealkylation sites (tertiary alicyclic amines) is 1. The van der Waals surface area contributed by atoms with E-state index in [9.17, 15) is 9.50 Å². The van der Waals surface area contributed by atoms with Crippen LogP contribution in [-0.4, -0.2) is 29.6 Å². The molecule has 0 spiro atoms. The van der Waals surface area contributed by atoms with Crippen LogP contribution in [0.5, 0.6) is 0 Å². The Kier molecular flexibility index (Phi) is 5.55. The van der Waals surface area contributed by atoms with E-state index in [1.165, 1.54) is 25.3 Å². The van der Waals surface area contributed by atoms with Crippen molar-refractivity contribution < 1.29 is 9.50 Å². The van der Waals surface area contributed by atoms with Crippen molar-refractivity contribution in [2.75, 3.05) is 19.6 Å². The van der Waals surface area contributed by atoms with E-state index in [1.807, 2.05) is 6.07 Å². The number of hydrogen-bond acceptors (Lipinski definition) is 2. The Labute approximate surface area is 121 Å². The maximum Gasteiger partial charge on any atom is 0.126 e. The fourth-order valence-corrected chi connectivity index (χ4v) is 2.98. The van der Waals surface area contributed by atoms with E-state index >= 15 is 0 Å². The van der Waals surface area contributed by atoms with E-state index in [0.29, 0.717) is 17.5 Å². The molecule has 1 aromatic carbocycles. The first-order valence-electron chi connectivity index (χ1n) is 7.76. The number of hydrogen-bond donors (Lipinski definition) is 1.